The lowest BCUT2D eigenvalue weighted by Crippen LogP contribution is -2.15. The number of aliphatic hydroxyl groups is 1. The molecule has 0 aliphatic carbocycles. The van der Waals surface area contributed by atoms with Crippen LogP contribution in [0.25, 0.3) is 0 Å². The molecule has 0 saturated carbocycles. The zero-order chi connectivity index (χ0) is 11.4. The van der Waals surface area contributed by atoms with Crippen LogP contribution in [0.1, 0.15) is 35.4 Å². The average Bonchev–Trinajstić information content (AvgIpc) is 2.17. The monoisotopic (exact) mass is 207 g/mol. The van der Waals surface area contributed by atoms with Gasteiger partial charge in [0.1, 0.15) is 0 Å². The maximum Gasteiger partial charge on any atom is 0.220 e. The van der Waals surface area contributed by atoms with E-state index >= 15 is 0 Å². The lowest BCUT2D eigenvalue weighted by Gasteiger charge is -2.08. The van der Waals surface area contributed by atoms with E-state index in [0.717, 1.165) is 0 Å². The van der Waals surface area contributed by atoms with E-state index in [4.69, 9.17) is 5.73 Å². The van der Waals surface area contributed by atoms with Crippen molar-refractivity contribution >= 4 is 11.7 Å². The predicted molar refractivity (Wildman–Crippen MR) is 55.2 cm³/mol. The molecule has 4 heteroatoms. The van der Waals surface area contributed by atoms with Crippen LogP contribution in [-0.4, -0.2) is 16.8 Å². The smallest absolute Gasteiger partial charge is 0.220 e. The van der Waals surface area contributed by atoms with Crippen LogP contribution >= 0.6 is 0 Å². The Morgan fingerprint density at radius 2 is 1.87 bits per heavy atom. The fourth-order valence-electron chi connectivity index (χ4n) is 1.25. The van der Waals surface area contributed by atoms with Gasteiger partial charge in [-0.3, -0.25) is 9.59 Å². The van der Waals surface area contributed by atoms with Gasteiger partial charge in [0.2, 0.25) is 5.91 Å². The molecule has 0 aliphatic rings. The third-order valence-electron chi connectivity index (χ3n) is 2.10. The second-order valence-corrected chi connectivity index (χ2v) is 3.36. The summed E-state index contributed by atoms with van der Waals surface area (Å²) >= 11 is 0. The second-order valence-electron chi connectivity index (χ2n) is 3.36. The normalized spacial score (nSPS) is 12.1. The van der Waals surface area contributed by atoms with Gasteiger partial charge < -0.3 is 10.8 Å². The topological polar surface area (TPSA) is 80.4 Å². The first kappa shape index (κ1) is 11.4. The van der Waals surface area contributed by atoms with Crippen LogP contribution in [0.15, 0.2) is 24.3 Å². The van der Waals surface area contributed by atoms with Crippen LogP contribution < -0.4 is 5.73 Å². The summed E-state index contributed by atoms with van der Waals surface area (Å²) in [6, 6.07) is 6.46. The molecule has 1 amide bonds. The first-order valence-electron chi connectivity index (χ1n) is 4.58. The molecule has 1 rings (SSSR count). The van der Waals surface area contributed by atoms with Crippen LogP contribution in [0.5, 0.6) is 0 Å². The Morgan fingerprint density at radius 3 is 2.27 bits per heavy atom. The highest BCUT2D eigenvalue weighted by Crippen LogP contribution is 2.16. The number of benzene rings is 1. The van der Waals surface area contributed by atoms with Crippen molar-refractivity contribution in [2.24, 2.45) is 5.73 Å². The number of ketones is 1. The molecule has 4 nitrogen and oxygen atoms in total. The molecule has 1 aromatic rings. The Balaban J connectivity index is 2.79. The first-order valence-corrected chi connectivity index (χ1v) is 4.58. The van der Waals surface area contributed by atoms with E-state index in [1.165, 1.54) is 6.92 Å². The maximum absolute atomic E-state index is 11.0. The second kappa shape index (κ2) is 4.70. The Hall–Kier alpha value is -1.68. The van der Waals surface area contributed by atoms with Crippen LogP contribution in [0.4, 0.5) is 0 Å². The van der Waals surface area contributed by atoms with Gasteiger partial charge >= 0.3 is 0 Å². The van der Waals surface area contributed by atoms with E-state index in [9.17, 15) is 14.7 Å². The van der Waals surface area contributed by atoms with Gasteiger partial charge in [0, 0.05) is 5.56 Å². The predicted octanol–water partition coefficient (Wildman–Crippen LogP) is 0.798. The molecule has 15 heavy (non-hydrogen) atoms. The summed E-state index contributed by atoms with van der Waals surface area (Å²) in [4.78, 5) is 21.5. The fraction of sp³-hybridized carbons (Fsp3) is 0.273. The molecule has 1 atom stereocenters. The number of aliphatic hydroxyl groups excluding tert-OH is 1. The standard InChI is InChI=1S/C11H13NO3/c1-7(13)8-2-4-9(5-3-8)10(14)6-11(12)15/h2-5,10,14H,6H2,1H3,(H2,12,15). The van der Waals surface area contributed by atoms with Crippen LogP contribution in [0.2, 0.25) is 0 Å². The molecule has 0 heterocycles. The summed E-state index contributed by atoms with van der Waals surface area (Å²) in [6.07, 6.45) is -1.01. The van der Waals surface area contributed by atoms with Gasteiger partial charge in [0.05, 0.1) is 12.5 Å². The van der Waals surface area contributed by atoms with Gasteiger partial charge in [0.15, 0.2) is 5.78 Å². The molecular weight excluding hydrogens is 194 g/mol. The van der Waals surface area contributed by atoms with Crippen molar-refractivity contribution in [3.05, 3.63) is 35.4 Å². The number of Topliss-reactive ketones (excluding diaryl/α,β-unsaturated/α-hetero) is 1. The Labute approximate surface area is 87.7 Å². The summed E-state index contributed by atoms with van der Waals surface area (Å²) in [5.74, 6) is -0.593. The lowest BCUT2D eigenvalue weighted by atomic mass is 10.0. The van der Waals surface area contributed by atoms with Gasteiger partial charge in [0.25, 0.3) is 0 Å². The molecule has 80 valence electrons. The summed E-state index contributed by atoms with van der Waals surface area (Å²) in [7, 11) is 0. The fourth-order valence-corrected chi connectivity index (χ4v) is 1.25. The van der Waals surface area contributed by atoms with Crippen molar-refractivity contribution in [3.8, 4) is 0 Å². The quantitative estimate of drug-likeness (QED) is 0.716. The molecule has 3 N–H and O–H groups in total. The highest BCUT2D eigenvalue weighted by Gasteiger charge is 2.10. The van der Waals surface area contributed by atoms with E-state index in [1.54, 1.807) is 24.3 Å². The van der Waals surface area contributed by atoms with E-state index in [-0.39, 0.29) is 12.2 Å². The molecule has 1 unspecified atom stereocenters. The molecule has 0 aromatic heterocycles. The summed E-state index contributed by atoms with van der Waals surface area (Å²) in [5.41, 5.74) is 6.11. The Morgan fingerprint density at radius 1 is 1.33 bits per heavy atom. The van der Waals surface area contributed by atoms with Gasteiger partial charge in [-0.2, -0.15) is 0 Å². The molecule has 0 aliphatic heterocycles. The molecule has 0 saturated heterocycles. The minimum atomic E-state index is -0.900. The zero-order valence-corrected chi connectivity index (χ0v) is 8.43. The van der Waals surface area contributed by atoms with Gasteiger partial charge in [-0.05, 0) is 12.5 Å². The van der Waals surface area contributed by atoms with Gasteiger partial charge in [-0.15, -0.1) is 0 Å². The third-order valence-corrected chi connectivity index (χ3v) is 2.10. The number of primary amides is 1. The molecule has 1 aromatic carbocycles. The van der Waals surface area contributed by atoms with E-state index < -0.39 is 12.0 Å². The number of nitrogens with two attached hydrogens (primary N) is 1. The van der Waals surface area contributed by atoms with Crippen molar-refractivity contribution in [2.45, 2.75) is 19.4 Å². The molecule has 0 radical (unpaired) electrons. The van der Waals surface area contributed by atoms with Crippen LogP contribution in [0.3, 0.4) is 0 Å². The third kappa shape index (κ3) is 3.18. The summed E-state index contributed by atoms with van der Waals surface area (Å²) < 4.78 is 0. The minimum Gasteiger partial charge on any atom is -0.388 e. The average molecular weight is 207 g/mol. The Kier molecular flexibility index (Phi) is 3.57. The largest absolute Gasteiger partial charge is 0.388 e. The summed E-state index contributed by atoms with van der Waals surface area (Å²) in [6.45, 7) is 1.47. The van der Waals surface area contributed by atoms with Crippen LogP contribution in [-0.2, 0) is 4.79 Å². The van der Waals surface area contributed by atoms with E-state index in [0.29, 0.717) is 11.1 Å². The van der Waals surface area contributed by atoms with Crippen molar-refractivity contribution in [1.29, 1.82) is 0 Å². The Bertz CT molecular complexity index is 370. The molecule has 0 spiro atoms. The SMILES string of the molecule is CC(=O)c1ccc(C(O)CC(N)=O)cc1. The van der Waals surface area contributed by atoms with E-state index in [2.05, 4.69) is 0 Å². The number of rotatable bonds is 4. The first-order chi connectivity index (χ1) is 7.00. The number of amides is 1. The lowest BCUT2D eigenvalue weighted by molar-refractivity contribution is -0.119. The van der Waals surface area contributed by atoms with Gasteiger partial charge in [-0.25, -0.2) is 0 Å². The van der Waals surface area contributed by atoms with Crippen molar-refractivity contribution in [3.63, 3.8) is 0 Å². The van der Waals surface area contributed by atoms with Crippen molar-refractivity contribution in [2.75, 3.05) is 0 Å². The molecule has 0 bridgehead atoms. The number of carbonyl (C=O) groups excluding carboxylic acids is 2. The van der Waals surface area contributed by atoms with Gasteiger partial charge in [-0.1, -0.05) is 24.3 Å². The maximum atomic E-state index is 11.0. The zero-order valence-electron chi connectivity index (χ0n) is 8.43. The number of carbonyl (C=O) groups is 2. The summed E-state index contributed by atoms with van der Waals surface area (Å²) in [5, 5.41) is 9.53. The van der Waals surface area contributed by atoms with Crippen molar-refractivity contribution in [1.82, 2.24) is 0 Å². The molecule has 0 fully saturated rings. The highest BCUT2D eigenvalue weighted by atomic mass is 16.3. The number of hydrogen-bond donors (Lipinski definition) is 2. The van der Waals surface area contributed by atoms with E-state index in [1.807, 2.05) is 0 Å². The minimum absolute atomic E-state index is 0.0362. The highest BCUT2D eigenvalue weighted by molar-refractivity contribution is 5.94. The molecular formula is C11H13NO3. The number of hydrogen-bond acceptors (Lipinski definition) is 3. The van der Waals surface area contributed by atoms with Crippen molar-refractivity contribution < 1.29 is 14.7 Å². The van der Waals surface area contributed by atoms with Crippen LogP contribution in [0, 0.1) is 0 Å².